The third-order valence-corrected chi connectivity index (χ3v) is 2.90. The van der Waals surface area contributed by atoms with E-state index in [-0.39, 0.29) is 12.6 Å². The fourth-order valence-electron chi connectivity index (χ4n) is 2.14. The third-order valence-electron chi connectivity index (χ3n) is 2.90. The van der Waals surface area contributed by atoms with Crippen molar-refractivity contribution in [2.75, 3.05) is 26.2 Å². The lowest BCUT2D eigenvalue weighted by Crippen LogP contribution is -2.49. The van der Waals surface area contributed by atoms with Gasteiger partial charge in [-0.25, -0.2) is 4.79 Å². The van der Waals surface area contributed by atoms with Gasteiger partial charge in [0.05, 0.1) is 6.61 Å². The molecule has 1 aliphatic heterocycles. The second-order valence-corrected chi connectivity index (χ2v) is 6.08. The lowest BCUT2D eigenvalue weighted by Gasteiger charge is -2.33. The summed E-state index contributed by atoms with van der Waals surface area (Å²) in [6.07, 6.45) is -3.49. The predicted molar refractivity (Wildman–Crippen MR) is 70.8 cm³/mol. The van der Waals surface area contributed by atoms with E-state index < -0.39 is 24.7 Å². The molecule has 0 aromatic heterocycles. The highest BCUT2D eigenvalue weighted by Gasteiger charge is 2.30. The summed E-state index contributed by atoms with van der Waals surface area (Å²) in [6, 6.07) is -0.112. The van der Waals surface area contributed by atoms with E-state index in [0.717, 1.165) is 12.8 Å². The van der Waals surface area contributed by atoms with Gasteiger partial charge in [0.2, 0.25) is 0 Å². The van der Waals surface area contributed by atoms with Crippen molar-refractivity contribution >= 4 is 6.09 Å². The Kier molecular flexibility index (Phi) is 6.27. The quantitative estimate of drug-likeness (QED) is 0.866. The zero-order valence-electron chi connectivity index (χ0n) is 12.6. The highest BCUT2D eigenvalue weighted by molar-refractivity contribution is 5.68. The molecule has 1 saturated heterocycles. The molecule has 0 bridgehead atoms. The zero-order valence-corrected chi connectivity index (χ0v) is 12.6. The van der Waals surface area contributed by atoms with Crippen LogP contribution in [0, 0.1) is 0 Å². The molecule has 1 rings (SSSR count). The number of alkyl halides is 3. The molecule has 1 fully saturated rings. The number of hydrogen-bond donors (Lipinski definition) is 1. The molecule has 0 unspecified atom stereocenters. The van der Waals surface area contributed by atoms with Crippen LogP contribution >= 0.6 is 0 Å². The number of halogens is 3. The van der Waals surface area contributed by atoms with E-state index >= 15 is 0 Å². The lowest BCUT2D eigenvalue weighted by atomic mass is 10.1. The molecule has 124 valence electrons. The van der Waals surface area contributed by atoms with Crippen molar-refractivity contribution < 1.29 is 27.4 Å². The normalized spacial score (nSPS) is 21.1. The monoisotopic (exact) mass is 312 g/mol. The van der Waals surface area contributed by atoms with Gasteiger partial charge < -0.3 is 10.1 Å². The average molecular weight is 312 g/mol. The number of nitrogens with zero attached hydrogens (tertiary/aromatic N) is 1. The second kappa shape index (κ2) is 7.31. The van der Waals surface area contributed by atoms with Gasteiger partial charge >= 0.3 is 12.5 Å². The summed E-state index contributed by atoms with van der Waals surface area (Å²) in [5, 5.41) is 2.75. The van der Waals surface area contributed by atoms with Crippen LogP contribution in [0.4, 0.5) is 18.0 Å². The van der Waals surface area contributed by atoms with Crippen LogP contribution in [0.1, 0.15) is 33.6 Å². The Morgan fingerprint density at radius 1 is 1.33 bits per heavy atom. The van der Waals surface area contributed by atoms with Gasteiger partial charge in [-0.15, -0.1) is 13.2 Å². The van der Waals surface area contributed by atoms with Gasteiger partial charge in [-0.2, -0.15) is 0 Å². The molecule has 1 amide bonds. The molecule has 8 heteroatoms. The van der Waals surface area contributed by atoms with Crippen molar-refractivity contribution in [1.82, 2.24) is 10.2 Å². The summed E-state index contributed by atoms with van der Waals surface area (Å²) in [5.41, 5.74) is -0.570. The van der Waals surface area contributed by atoms with Gasteiger partial charge in [0.25, 0.3) is 0 Å². The molecule has 0 aromatic carbocycles. The topological polar surface area (TPSA) is 50.8 Å². The molecule has 5 nitrogen and oxygen atoms in total. The summed E-state index contributed by atoms with van der Waals surface area (Å²) in [6.45, 7) is 6.31. The van der Waals surface area contributed by atoms with Crippen LogP contribution in [-0.4, -0.2) is 55.2 Å². The van der Waals surface area contributed by atoms with Gasteiger partial charge in [0, 0.05) is 19.1 Å². The fraction of sp³-hybridized carbons (Fsp3) is 0.923. The first-order valence-electron chi connectivity index (χ1n) is 6.98. The van der Waals surface area contributed by atoms with Crippen molar-refractivity contribution in [3.05, 3.63) is 0 Å². The molecule has 0 saturated carbocycles. The maximum atomic E-state index is 11.9. The first-order valence-corrected chi connectivity index (χ1v) is 6.98. The van der Waals surface area contributed by atoms with Crippen molar-refractivity contribution in [3.8, 4) is 0 Å². The Bertz CT molecular complexity index is 343. The molecule has 1 N–H and O–H groups in total. The lowest BCUT2D eigenvalue weighted by molar-refractivity contribution is -0.325. The number of alkyl carbamates (subject to hydrolysis) is 1. The maximum absolute atomic E-state index is 11.9. The smallest absolute Gasteiger partial charge is 0.444 e. The summed E-state index contributed by atoms with van der Waals surface area (Å²) >= 11 is 0. The molecular weight excluding hydrogens is 289 g/mol. The predicted octanol–water partition coefficient (Wildman–Crippen LogP) is 2.51. The minimum atomic E-state index is -4.59. The number of hydrogen-bond acceptors (Lipinski definition) is 4. The third kappa shape index (κ3) is 8.77. The molecule has 0 spiro atoms. The highest BCUT2D eigenvalue weighted by Crippen LogP contribution is 2.17. The Balaban J connectivity index is 2.30. The molecule has 21 heavy (non-hydrogen) atoms. The fourth-order valence-corrected chi connectivity index (χ4v) is 2.14. The summed E-state index contributed by atoms with van der Waals surface area (Å²) in [5.74, 6) is 0. The van der Waals surface area contributed by atoms with Crippen LogP contribution in [-0.2, 0) is 9.47 Å². The molecule has 1 heterocycles. The number of carbonyl (C=O) groups is 1. The van der Waals surface area contributed by atoms with Crippen LogP contribution in [0.5, 0.6) is 0 Å². The van der Waals surface area contributed by atoms with Crippen LogP contribution < -0.4 is 5.32 Å². The SMILES string of the molecule is CC(C)(C)OC(=O)N[C@@H]1CCCN(CCOC(F)(F)F)C1. The maximum Gasteiger partial charge on any atom is 0.522 e. The van der Waals surface area contributed by atoms with Gasteiger partial charge in [-0.1, -0.05) is 0 Å². The number of piperidine rings is 1. The molecule has 1 aliphatic rings. The number of likely N-dealkylation sites (tertiary alicyclic amines) is 1. The van der Waals surface area contributed by atoms with E-state index in [4.69, 9.17) is 4.74 Å². The average Bonchev–Trinajstić information content (AvgIpc) is 2.24. The van der Waals surface area contributed by atoms with Gasteiger partial charge in [-0.05, 0) is 40.2 Å². The van der Waals surface area contributed by atoms with Crippen molar-refractivity contribution in [2.45, 2.75) is 51.6 Å². The number of nitrogens with one attached hydrogen (secondary N) is 1. The van der Waals surface area contributed by atoms with E-state index in [0.29, 0.717) is 13.1 Å². The van der Waals surface area contributed by atoms with Crippen molar-refractivity contribution in [1.29, 1.82) is 0 Å². The molecular formula is C13H23F3N2O3. The van der Waals surface area contributed by atoms with Crippen LogP contribution in [0.25, 0.3) is 0 Å². The van der Waals surface area contributed by atoms with Gasteiger partial charge in [-0.3, -0.25) is 9.64 Å². The standard InChI is InChI=1S/C13H23F3N2O3/c1-12(2,3)21-11(19)17-10-5-4-6-18(9-10)7-8-20-13(14,15)16/h10H,4-9H2,1-3H3,(H,17,19)/t10-/m1/s1. The van der Waals surface area contributed by atoms with E-state index in [2.05, 4.69) is 10.1 Å². The second-order valence-electron chi connectivity index (χ2n) is 6.08. The summed E-state index contributed by atoms with van der Waals surface area (Å²) < 4.78 is 44.6. The van der Waals surface area contributed by atoms with Crippen LogP contribution in [0.3, 0.4) is 0 Å². The molecule has 0 radical (unpaired) electrons. The van der Waals surface area contributed by atoms with Crippen molar-refractivity contribution in [3.63, 3.8) is 0 Å². The van der Waals surface area contributed by atoms with E-state index in [1.165, 1.54) is 0 Å². The summed E-state index contributed by atoms with van der Waals surface area (Å²) in [7, 11) is 0. The number of carbonyl (C=O) groups excluding carboxylic acids is 1. The Morgan fingerprint density at radius 2 is 2.00 bits per heavy atom. The van der Waals surface area contributed by atoms with Crippen LogP contribution in [0.15, 0.2) is 0 Å². The van der Waals surface area contributed by atoms with E-state index in [1.807, 2.05) is 4.90 Å². The molecule has 1 atom stereocenters. The molecule has 0 aromatic rings. The first kappa shape index (κ1) is 18.0. The van der Waals surface area contributed by atoms with Crippen LogP contribution in [0.2, 0.25) is 0 Å². The number of amides is 1. The number of ether oxygens (including phenoxy) is 2. The summed E-state index contributed by atoms with van der Waals surface area (Å²) in [4.78, 5) is 13.5. The van der Waals surface area contributed by atoms with Gasteiger partial charge in [0.15, 0.2) is 0 Å². The van der Waals surface area contributed by atoms with Crippen molar-refractivity contribution in [2.24, 2.45) is 0 Å². The van der Waals surface area contributed by atoms with E-state index in [9.17, 15) is 18.0 Å². The minimum Gasteiger partial charge on any atom is -0.444 e. The number of rotatable bonds is 4. The minimum absolute atomic E-state index is 0.112. The zero-order chi connectivity index (χ0) is 16.1. The Morgan fingerprint density at radius 3 is 2.57 bits per heavy atom. The van der Waals surface area contributed by atoms with E-state index in [1.54, 1.807) is 20.8 Å². The largest absolute Gasteiger partial charge is 0.522 e. The van der Waals surface area contributed by atoms with Gasteiger partial charge in [0.1, 0.15) is 5.60 Å². The Hall–Kier alpha value is -1.02. The highest BCUT2D eigenvalue weighted by atomic mass is 19.4. The Labute approximate surface area is 122 Å². The molecule has 0 aliphatic carbocycles. The first-order chi connectivity index (χ1) is 9.55.